The maximum absolute atomic E-state index is 12.9. The summed E-state index contributed by atoms with van der Waals surface area (Å²) >= 11 is 0. The van der Waals surface area contributed by atoms with E-state index in [9.17, 15) is 14.4 Å². The van der Waals surface area contributed by atoms with Gasteiger partial charge in [-0.2, -0.15) is 0 Å². The van der Waals surface area contributed by atoms with Gasteiger partial charge in [0, 0.05) is 19.3 Å². The first-order valence-corrected chi connectivity index (χ1v) is 34.7. The molecule has 0 amide bonds. The Kier molecular flexibility index (Phi) is 65.7. The molecule has 0 aromatic rings. The van der Waals surface area contributed by atoms with Crippen LogP contribution in [0, 0.1) is 0 Å². The fourth-order valence-corrected chi connectivity index (χ4v) is 9.86. The second-order valence-electron chi connectivity index (χ2n) is 23.1. The Labute approximate surface area is 502 Å². The molecule has 0 aromatic heterocycles. The zero-order valence-corrected chi connectivity index (χ0v) is 53.5. The highest BCUT2D eigenvalue weighted by Gasteiger charge is 2.19. The van der Waals surface area contributed by atoms with E-state index in [1.54, 1.807) is 0 Å². The van der Waals surface area contributed by atoms with E-state index >= 15 is 0 Å². The number of hydrogen-bond acceptors (Lipinski definition) is 6. The predicted octanol–water partition coefficient (Wildman–Crippen LogP) is 24.0. The molecule has 0 radical (unpaired) electrons. The molecule has 0 spiro atoms. The first-order chi connectivity index (χ1) is 40.0. The Morgan fingerprint density at radius 1 is 0.259 bits per heavy atom. The van der Waals surface area contributed by atoms with Gasteiger partial charge >= 0.3 is 17.9 Å². The first kappa shape index (κ1) is 77.3. The van der Waals surface area contributed by atoms with Crippen molar-refractivity contribution in [3.63, 3.8) is 0 Å². The number of allylic oxidation sites excluding steroid dienone is 16. The van der Waals surface area contributed by atoms with Crippen molar-refractivity contribution in [1.29, 1.82) is 0 Å². The average molecular weight is 1130 g/mol. The summed E-state index contributed by atoms with van der Waals surface area (Å²) < 4.78 is 16.9. The van der Waals surface area contributed by atoms with Crippen molar-refractivity contribution in [1.82, 2.24) is 0 Å². The van der Waals surface area contributed by atoms with Crippen LogP contribution in [0.2, 0.25) is 0 Å². The highest BCUT2D eigenvalue weighted by molar-refractivity contribution is 5.71. The lowest BCUT2D eigenvalue weighted by molar-refractivity contribution is -0.167. The summed E-state index contributed by atoms with van der Waals surface area (Å²) in [6.07, 6.45) is 93.0. The van der Waals surface area contributed by atoms with Crippen molar-refractivity contribution in [2.24, 2.45) is 0 Å². The zero-order chi connectivity index (χ0) is 58.5. The van der Waals surface area contributed by atoms with E-state index in [0.29, 0.717) is 19.3 Å². The Balaban J connectivity index is 4.17. The van der Waals surface area contributed by atoms with Crippen molar-refractivity contribution in [2.45, 2.75) is 348 Å². The lowest BCUT2D eigenvalue weighted by atomic mass is 10.0. The third-order valence-corrected chi connectivity index (χ3v) is 15.0. The van der Waals surface area contributed by atoms with E-state index in [2.05, 4.69) is 118 Å². The van der Waals surface area contributed by atoms with Gasteiger partial charge in [-0.1, -0.05) is 304 Å². The summed E-state index contributed by atoms with van der Waals surface area (Å²) in [7, 11) is 0. The van der Waals surface area contributed by atoms with Crippen LogP contribution in [0.3, 0.4) is 0 Å². The molecule has 0 rings (SSSR count). The number of carbonyl (C=O) groups is 3. The van der Waals surface area contributed by atoms with Crippen LogP contribution in [0.5, 0.6) is 0 Å². The van der Waals surface area contributed by atoms with Crippen LogP contribution < -0.4 is 0 Å². The summed E-state index contributed by atoms with van der Waals surface area (Å²) in [5.41, 5.74) is 0. The molecular formula is C75H130O6. The van der Waals surface area contributed by atoms with Crippen LogP contribution in [0.1, 0.15) is 342 Å². The average Bonchev–Trinajstić information content (AvgIpc) is 3.46. The van der Waals surface area contributed by atoms with E-state index in [1.807, 2.05) is 0 Å². The summed E-state index contributed by atoms with van der Waals surface area (Å²) in [4.78, 5) is 38.3. The maximum Gasteiger partial charge on any atom is 0.306 e. The van der Waals surface area contributed by atoms with Crippen LogP contribution in [0.4, 0.5) is 0 Å². The van der Waals surface area contributed by atoms with Crippen LogP contribution >= 0.6 is 0 Å². The Bertz CT molecular complexity index is 1580. The van der Waals surface area contributed by atoms with Gasteiger partial charge in [0.15, 0.2) is 6.10 Å². The minimum absolute atomic E-state index is 0.0803. The summed E-state index contributed by atoms with van der Waals surface area (Å²) in [6.45, 7) is 6.48. The smallest absolute Gasteiger partial charge is 0.306 e. The van der Waals surface area contributed by atoms with Gasteiger partial charge in [0.25, 0.3) is 0 Å². The lowest BCUT2D eigenvalue weighted by Gasteiger charge is -2.18. The minimum Gasteiger partial charge on any atom is -0.462 e. The first-order valence-electron chi connectivity index (χ1n) is 34.7. The Morgan fingerprint density at radius 3 is 0.815 bits per heavy atom. The monoisotopic (exact) mass is 1130 g/mol. The van der Waals surface area contributed by atoms with E-state index in [-0.39, 0.29) is 31.1 Å². The molecule has 0 aromatic carbocycles. The predicted molar refractivity (Wildman–Crippen MR) is 353 cm³/mol. The standard InChI is InChI=1S/C75H130O6/c1-4-7-10-13-16-19-22-25-27-29-30-31-32-33-34-35-36-37-38-39-40-41-42-43-44-46-47-50-53-56-59-62-65-68-74(77)80-71-72(70-79-73(76)67-64-61-58-55-52-49-24-21-18-15-12-9-6-3)81-75(78)69-66-63-60-57-54-51-48-45-28-26-23-20-17-14-11-8-5-2/h7,10,12,15-16,19,21,24-28,30-31,33-34,72H,4-6,8-9,11,13-14,17-18,20,22-23,29,32,35-71H2,1-3H3/b10-7-,15-12-,19-16-,24-21-,27-25-,28-26-,31-30-,34-33-. The fraction of sp³-hybridized carbons (Fsp3) is 0.747. The second-order valence-corrected chi connectivity index (χ2v) is 23.1. The van der Waals surface area contributed by atoms with Gasteiger partial charge in [0.2, 0.25) is 0 Å². The van der Waals surface area contributed by atoms with Gasteiger partial charge in [-0.15, -0.1) is 0 Å². The van der Waals surface area contributed by atoms with Crippen LogP contribution in [-0.2, 0) is 28.6 Å². The second kappa shape index (κ2) is 68.8. The minimum atomic E-state index is -0.785. The summed E-state index contributed by atoms with van der Waals surface area (Å²) in [5, 5.41) is 0. The highest BCUT2D eigenvalue weighted by atomic mass is 16.6. The lowest BCUT2D eigenvalue weighted by Crippen LogP contribution is -2.30. The number of esters is 3. The molecule has 0 saturated carbocycles. The number of carbonyl (C=O) groups excluding carboxylic acids is 3. The highest BCUT2D eigenvalue weighted by Crippen LogP contribution is 2.17. The van der Waals surface area contributed by atoms with Gasteiger partial charge in [-0.05, 0) is 116 Å². The van der Waals surface area contributed by atoms with E-state index in [0.717, 1.165) is 116 Å². The zero-order valence-electron chi connectivity index (χ0n) is 53.5. The van der Waals surface area contributed by atoms with Crippen LogP contribution in [0.15, 0.2) is 97.2 Å². The molecule has 0 heterocycles. The quantitative estimate of drug-likeness (QED) is 0.0261. The maximum atomic E-state index is 12.9. The summed E-state index contributed by atoms with van der Waals surface area (Å²) in [6, 6.07) is 0. The molecule has 0 bridgehead atoms. The topological polar surface area (TPSA) is 78.9 Å². The van der Waals surface area contributed by atoms with Gasteiger partial charge in [0.05, 0.1) is 0 Å². The van der Waals surface area contributed by atoms with Crippen LogP contribution in [0.25, 0.3) is 0 Å². The molecule has 466 valence electrons. The molecular weight excluding hydrogens is 997 g/mol. The Hall–Kier alpha value is -3.67. The van der Waals surface area contributed by atoms with Crippen molar-refractivity contribution >= 4 is 17.9 Å². The van der Waals surface area contributed by atoms with Gasteiger partial charge < -0.3 is 14.2 Å². The third kappa shape index (κ3) is 67.0. The number of ether oxygens (including phenoxy) is 3. The molecule has 6 nitrogen and oxygen atoms in total. The molecule has 6 heteroatoms. The van der Waals surface area contributed by atoms with Crippen molar-refractivity contribution in [3.05, 3.63) is 97.2 Å². The number of unbranched alkanes of at least 4 members (excludes halogenated alkanes) is 36. The van der Waals surface area contributed by atoms with E-state index in [1.165, 1.54) is 186 Å². The van der Waals surface area contributed by atoms with Crippen molar-refractivity contribution < 1.29 is 28.6 Å². The van der Waals surface area contributed by atoms with Crippen molar-refractivity contribution in [2.75, 3.05) is 13.2 Å². The largest absolute Gasteiger partial charge is 0.462 e. The number of rotatable bonds is 63. The molecule has 1 unspecified atom stereocenters. The third-order valence-electron chi connectivity index (χ3n) is 15.0. The molecule has 81 heavy (non-hydrogen) atoms. The van der Waals surface area contributed by atoms with E-state index < -0.39 is 6.10 Å². The Morgan fingerprint density at radius 2 is 0.506 bits per heavy atom. The molecule has 0 fully saturated rings. The molecule has 0 saturated heterocycles. The van der Waals surface area contributed by atoms with Crippen molar-refractivity contribution in [3.8, 4) is 0 Å². The van der Waals surface area contributed by atoms with E-state index in [4.69, 9.17) is 14.2 Å². The molecule has 0 N–H and O–H groups in total. The molecule has 0 aliphatic heterocycles. The summed E-state index contributed by atoms with van der Waals surface area (Å²) in [5.74, 6) is -0.885. The van der Waals surface area contributed by atoms with Gasteiger partial charge in [-0.3, -0.25) is 14.4 Å². The van der Waals surface area contributed by atoms with Gasteiger partial charge in [-0.25, -0.2) is 0 Å². The van der Waals surface area contributed by atoms with Crippen LogP contribution in [-0.4, -0.2) is 37.2 Å². The SMILES string of the molecule is CC/C=C\C/C=C\C/C=C\C/C=C\C/C=C\CCCCCCCCCCCCCCCCCCCC(=O)OCC(COC(=O)CCCCCCC/C=C\C/C=C\CCC)OC(=O)CCCCCCCCC/C=C\CCCCCCCC. The normalized spacial score (nSPS) is 12.7. The number of hydrogen-bond donors (Lipinski definition) is 0. The molecule has 0 aliphatic carbocycles. The fourth-order valence-electron chi connectivity index (χ4n) is 9.86. The molecule has 0 aliphatic rings. The van der Waals surface area contributed by atoms with Gasteiger partial charge in [0.1, 0.15) is 13.2 Å². The molecule has 1 atom stereocenters.